The molecule has 0 bridgehead atoms. The Labute approximate surface area is 87.4 Å². The first-order valence-corrected chi connectivity index (χ1v) is 4.95. The second-order valence-corrected chi connectivity index (χ2v) is 3.33. The van der Waals surface area contributed by atoms with E-state index in [0.29, 0.717) is 6.54 Å². The van der Waals surface area contributed by atoms with Crippen molar-refractivity contribution in [2.75, 3.05) is 0 Å². The lowest BCUT2D eigenvalue weighted by atomic mass is 10.2. The molecule has 0 spiro atoms. The molecule has 0 unspecified atom stereocenters. The maximum absolute atomic E-state index is 11.2. The van der Waals surface area contributed by atoms with Crippen molar-refractivity contribution >= 4 is 5.97 Å². The number of carbonyl (C=O) groups is 1. The number of rotatable bonds is 5. The van der Waals surface area contributed by atoms with Gasteiger partial charge in [0.2, 0.25) is 0 Å². The van der Waals surface area contributed by atoms with E-state index >= 15 is 0 Å². The number of carboxylic acid groups (broad SMARTS) is 1. The lowest BCUT2D eigenvalue weighted by Gasteiger charge is -2.04. The SMILES string of the molecule is CCCCCn1cc(C(=O)O)cnc1=O. The fourth-order valence-corrected chi connectivity index (χ4v) is 1.26. The van der Waals surface area contributed by atoms with Crippen LogP contribution in [0.2, 0.25) is 0 Å². The average molecular weight is 210 g/mol. The molecule has 1 N–H and O–H groups in total. The maximum Gasteiger partial charge on any atom is 0.347 e. The molecule has 0 amide bonds. The molecule has 0 aliphatic rings. The topological polar surface area (TPSA) is 72.2 Å². The molecule has 0 saturated heterocycles. The van der Waals surface area contributed by atoms with Gasteiger partial charge in [0.05, 0.1) is 5.56 Å². The number of aromatic nitrogens is 2. The minimum atomic E-state index is -1.06. The van der Waals surface area contributed by atoms with Gasteiger partial charge in [-0.15, -0.1) is 0 Å². The molecular formula is C10H14N2O3. The molecule has 1 rings (SSSR count). The van der Waals surface area contributed by atoms with Gasteiger partial charge in [-0.2, -0.15) is 0 Å². The van der Waals surface area contributed by atoms with Crippen LogP contribution in [0.15, 0.2) is 17.2 Å². The highest BCUT2D eigenvalue weighted by molar-refractivity contribution is 5.86. The lowest BCUT2D eigenvalue weighted by Crippen LogP contribution is -2.23. The van der Waals surface area contributed by atoms with E-state index in [9.17, 15) is 9.59 Å². The van der Waals surface area contributed by atoms with Crippen LogP contribution in [0.4, 0.5) is 0 Å². The molecule has 0 atom stereocenters. The third-order valence-electron chi connectivity index (χ3n) is 2.10. The summed E-state index contributed by atoms with van der Waals surface area (Å²) < 4.78 is 1.35. The van der Waals surface area contributed by atoms with E-state index in [1.165, 1.54) is 10.8 Å². The lowest BCUT2D eigenvalue weighted by molar-refractivity contribution is 0.0695. The van der Waals surface area contributed by atoms with Crippen molar-refractivity contribution in [1.29, 1.82) is 0 Å². The Hall–Kier alpha value is -1.65. The third-order valence-corrected chi connectivity index (χ3v) is 2.10. The molecular weight excluding hydrogens is 196 g/mol. The van der Waals surface area contributed by atoms with Gasteiger partial charge in [-0.3, -0.25) is 4.57 Å². The van der Waals surface area contributed by atoms with Gasteiger partial charge in [-0.25, -0.2) is 14.6 Å². The molecule has 0 aliphatic carbocycles. The molecule has 5 nitrogen and oxygen atoms in total. The van der Waals surface area contributed by atoms with E-state index in [2.05, 4.69) is 11.9 Å². The number of aryl methyl sites for hydroxylation is 1. The first-order valence-electron chi connectivity index (χ1n) is 4.95. The number of carboxylic acids is 1. The summed E-state index contributed by atoms with van der Waals surface area (Å²) in [6.07, 6.45) is 5.36. The van der Waals surface area contributed by atoms with E-state index in [0.717, 1.165) is 25.5 Å². The summed E-state index contributed by atoms with van der Waals surface area (Å²) in [5.74, 6) is -1.06. The van der Waals surface area contributed by atoms with Crippen molar-refractivity contribution in [1.82, 2.24) is 9.55 Å². The summed E-state index contributed by atoms with van der Waals surface area (Å²) >= 11 is 0. The van der Waals surface area contributed by atoms with Gasteiger partial charge in [-0.1, -0.05) is 19.8 Å². The third kappa shape index (κ3) is 3.19. The van der Waals surface area contributed by atoms with E-state index in [1.807, 2.05) is 0 Å². The highest BCUT2D eigenvalue weighted by atomic mass is 16.4. The molecule has 15 heavy (non-hydrogen) atoms. The van der Waals surface area contributed by atoms with Crippen molar-refractivity contribution in [2.24, 2.45) is 0 Å². The van der Waals surface area contributed by atoms with Crippen molar-refractivity contribution < 1.29 is 9.90 Å². The van der Waals surface area contributed by atoms with Gasteiger partial charge >= 0.3 is 11.7 Å². The normalized spacial score (nSPS) is 10.2. The van der Waals surface area contributed by atoms with Gasteiger partial charge in [-0.05, 0) is 6.42 Å². The molecule has 0 fully saturated rings. The van der Waals surface area contributed by atoms with Crippen LogP contribution in [0.3, 0.4) is 0 Å². The fraction of sp³-hybridized carbons (Fsp3) is 0.500. The van der Waals surface area contributed by atoms with E-state index < -0.39 is 11.7 Å². The Balaban J connectivity index is 2.81. The number of aromatic carboxylic acids is 1. The van der Waals surface area contributed by atoms with Crippen molar-refractivity contribution in [3.63, 3.8) is 0 Å². The highest BCUT2D eigenvalue weighted by Gasteiger charge is 2.05. The quantitative estimate of drug-likeness (QED) is 0.739. The zero-order valence-electron chi connectivity index (χ0n) is 8.64. The molecule has 0 radical (unpaired) electrons. The predicted molar refractivity (Wildman–Crippen MR) is 55.0 cm³/mol. The largest absolute Gasteiger partial charge is 0.478 e. The Morgan fingerprint density at radius 2 is 2.27 bits per heavy atom. The van der Waals surface area contributed by atoms with Crippen LogP contribution < -0.4 is 5.69 Å². The van der Waals surface area contributed by atoms with Crippen LogP contribution in [-0.2, 0) is 6.54 Å². The van der Waals surface area contributed by atoms with E-state index in [-0.39, 0.29) is 5.56 Å². The van der Waals surface area contributed by atoms with Gasteiger partial charge in [0, 0.05) is 18.9 Å². The Morgan fingerprint density at radius 1 is 1.53 bits per heavy atom. The first-order chi connectivity index (χ1) is 7.15. The maximum atomic E-state index is 11.2. The molecule has 0 saturated carbocycles. The Morgan fingerprint density at radius 3 is 2.87 bits per heavy atom. The summed E-state index contributed by atoms with van der Waals surface area (Å²) in [5, 5.41) is 8.72. The summed E-state index contributed by atoms with van der Waals surface area (Å²) in [4.78, 5) is 25.4. The van der Waals surface area contributed by atoms with Crippen LogP contribution in [0.1, 0.15) is 36.5 Å². The number of hydrogen-bond acceptors (Lipinski definition) is 3. The molecule has 0 aromatic carbocycles. The first kappa shape index (κ1) is 11.4. The molecule has 82 valence electrons. The second kappa shape index (κ2) is 5.29. The summed E-state index contributed by atoms with van der Waals surface area (Å²) in [6, 6.07) is 0. The van der Waals surface area contributed by atoms with Gasteiger partial charge in [0.25, 0.3) is 0 Å². The molecule has 1 aromatic rings. The molecule has 5 heteroatoms. The zero-order chi connectivity index (χ0) is 11.3. The van der Waals surface area contributed by atoms with E-state index in [1.54, 1.807) is 0 Å². The minimum Gasteiger partial charge on any atom is -0.478 e. The van der Waals surface area contributed by atoms with E-state index in [4.69, 9.17) is 5.11 Å². The highest BCUT2D eigenvalue weighted by Crippen LogP contribution is 1.98. The predicted octanol–water partition coefficient (Wildman–Crippen LogP) is 1.13. The van der Waals surface area contributed by atoms with Crippen molar-refractivity contribution in [2.45, 2.75) is 32.7 Å². The van der Waals surface area contributed by atoms with Crippen molar-refractivity contribution in [3.8, 4) is 0 Å². The smallest absolute Gasteiger partial charge is 0.347 e. The number of unbranched alkanes of at least 4 members (excludes halogenated alkanes) is 2. The standard InChI is InChI=1S/C10H14N2O3/c1-2-3-4-5-12-7-8(9(13)14)6-11-10(12)15/h6-7H,2-5H2,1H3,(H,13,14). The van der Waals surface area contributed by atoms with Crippen LogP contribution >= 0.6 is 0 Å². The Kier molecular flexibility index (Phi) is 4.03. The summed E-state index contributed by atoms with van der Waals surface area (Å²) in [6.45, 7) is 2.59. The summed E-state index contributed by atoms with van der Waals surface area (Å²) in [5.41, 5.74) is -0.345. The molecule has 1 aromatic heterocycles. The Bertz CT molecular complexity index is 398. The number of nitrogens with zero attached hydrogens (tertiary/aromatic N) is 2. The van der Waals surface area contributed by atoms with Crippen molar-refractivity contribution in [3.05, 3.63) is 28.4 Å². The molecule has 0 aliphatic heterocycles. The average Bonchev–Trinajstić information content (AvgIpc) is 2.20. The van der Waals surface area contributed by atoms with Gasteiger partial charge in [0.1, 0.15) is 0 Å². The molecule has 1 heterocycles. The fourth-order valence-electron chi connectivity index (χ4n) is 1.26. The van der Waals surface area contributed by atoms with Crippen LogP contribution in [-0.4, -0.2) is 20.6 Å². The van der Waals surface area contributed by atoms with Gasteiger partial charge in [0.15, 0.2) is 0 Å². The summed E-state index contributed by atoms with van der Waals surface area (Å²) in [7, 11) is 0. The van der Waals surface area contributed by atoms with Crippen LogP contribution in [0.25, 0.3) is 0 Å². The zero-order valence-corrected chi connectivity index (χ0v) is 8.64. The second-order valence-electron chi connectivity index (χ2n) is 3.33. The van der Waals surface area contributed by atoms with Crippen LogP contribution in [0.5, 0.6) is 0 Å². The number of hydrogen-bond donors (Lipinski definition) is 1. The monoisotopic (exact) mass is 210 g/mol. The van der Waals surface area contributed by atoms with Gasteiger partial charge < -0.3 is 5.11 Å². The minimum absolute atomic E-state index is 0.0473. The van der Waals surface area contributed by atoms with Crippen LogP contribution in [0, 0.1) is 0 Å².